The highest BCUT2D eigenvalue weighted by molar-refractivity contribution is 5.94. The second-order valence-corrected chi connectivity index (χ2v) is 8.09. The largest absolute Gasteiger partial charge is 0.342 e. The number of carbonyl (C=O) groups excluding carboxylic acids is 3. The first-order valence-electron chi connectivity index (χ1n) is 10.1. The number of halogens is 2. The average molecular weight is 407 g/mol. The van der Waals surface area contributed by atoms with Crippen LogP contribution in [0.4, 0.5) is 13.6 Å². The Morgan fingerprint density at radius 2 is 1.90 bits per heavy atom. The maximum atomic E-state index is 13.5. The van der Waals surface area contributed by atoms with Crippen molar-refractivity contribution >= 4 is 17.8 Å². The molecule has 6 nitrogen and oxygen atoms in total. The second kappa shape index (κ2) is 9.33. The highest BCUT2D eigenvalue weighted by Gasteiger charge is 2.30. The Labute approximate surface area is 169 Å². The Morgan fingerprint density at radius 3 is 2.55 bits per heavy atom. The number of imide groups is 1. The number of nitrogens with one attached hydrogen (secondary N) is 2. The Hall–Kier alpha value is -2.51. The zero-order valence-corrected chi connectivity index (χ0v) is 16.5. The van der Waals surface area contributed by atoms with Gasteiger partial charge in [0.05, 0.1) is 0 Å². The van der Waals surface area contributed by atoms with Crippen LogP contribution in [-0.4, -0.2) is 42.4 Å². The molecule has 0 radical (unpaired) electrons. The van der Waals surface area contributed by atoms with Crippen LogP contribution in [-0.2, 0) is 9.59 Å². The predicted octanol–water partition coefficient (Wildman–Crippen LogP) is 2.93. The van der Waals surface area contributed by atoms with Gasteiger partial charge in [-0.25, -0.2) is 13.6 Å². The van der Waals surface area contributed by atoms with Crippen molar-refractivity contribution in [3.63, 3.8) is 0 Å². The maximum absolute atomic E-state index is 13.5. The van der Waals surface area contributed by atoms with Crippen LogP contribution in [0.3, 0.4) is 0 Å². The number of urea groups is 1. The normalized spacial score (nSPS) is 21.6. The Morgan fingerprint density at radius 1 is 1.14 bits per heavy atom. The molecule has 1 heterocycles. The number of piperidine rings is 1. The van der Waals surface area contributed by atoms with Crippen molar-refractivity contribution in [1.29, 1.82) is 0 Å². The minimum Gasteiger partial charge on any atom is -0.342 e. The van der Waals surface area contributed by atoms with Gasteiger partial charge in [-0.3, -0.25) is 14.9 Å². The zero-order valence-electron chi connectivity index (χ0n) is 16.5. The summed E-state index contributed by atoms with van der Waals surface area (Å²) >= 11 is 0. The minimum absolute atomic E-state index is 0.0653. The third kappa shape index (κ3) is 5.98. The van der Waals surface area contributed by atoms with Gasteiger partial charge in [0.15, 0.2) is 11.6 Å². The molecule has 1 saturated heterocycles. The van der Waals surface area contributed by atoms with Crippen molar-refractivity contribution in [2.45, 2.75) is 44.9 Å². The lowest BCUT2D eigenvalue weighted by Gasteiger charge is -2.37. The minimum atomic E-state index is -0.861. The molecule has 29 heavy (non-hydrogen) atoms. The van der Waals surface area contributed by atoms with Crippen LogP contribution in [0.5, 0.6) is 0 Å². The first-order valence-corrected chi connectivity index (χ1v) is 10.1. The molecule has 8 heteroatoms. The van der Waals surface area contributed by atoms with Crippen molar-refractivity contribution in [2.75, 3.05) is 19.6 Å². The highest BCUT2D eigenvalue weighted by Crippen LogP contribution is 2.33. The van der Waals surface area contributed by atoms with Gasteiger partial charge in [-0.15, -0.1) is 0 Å². The van der Waals surface area contributed by atoms with E-state index in [1.165, 1.54) is 6.07 Å². The van der Waals surface area contributed by atoms with Crippen molar-refractivity contribution in [2.24, 2.45) is 11.8 Å². The molecule has 2 atom stereocenters. The quantitative estimate of drug-likeness (QED) is 0.761. The lowest BCUT2D eigenvalue weighted by molar-refractivity contribution is -0.133. The van der Waals surface area contributed by atoms with E-state index in [-0.39, 0.29) is 36.6 Å². The van der Waals surface area contributed by atoms with Gasteiger partial charge in [-0.05, 0) is 54.7 Å². The number of rotatable bonds is 6. The molecule has 2 aliphatic rings. The molecule has 3 rings (SSSR count). The second-order valence-electron chi connectivity index (χ2n) is 8.09. The monoisotopic (exact) mass is 407 g/mol. The van der Waals surface area contributed by atoms with E-state index >= 15 is 0 Å². The van der Waals surface area contributed by atoms with Crippen LogP contribution in [0.15, 0.2) is 18.2 Å². The van der Waals surface area contributed by atoms with Gasteiger partial charge in [0.2, 0.25) is 11.8 Å². The fraction of sp³-hybridized carbons (Fsp3) is 0.571. The van der Waals surface area contributed by atoms with Crippen LogP contribution in [0.2, 0.25) is 0 Å². The Balaban J connectivity index is 1.40. The molecule has 0 bridgehead atoms. The van der Waals surface area contributed by atoms with Crippen LogP contribution >= 0.6 is 0 Å². The lowest BCUT2D eigenvalue weighted by atomic mass is 9.81. The number of hydrogen-bond acceptors (Lipinski definition) is 3. The summed E-state index contributed by atoms with van der Waals surface area (Å²) in [4.78, 5) is 37.4. The molecule has 2 fully saturated rings. The van der Waals surface area contributed by atoms with Crippen LogP contribution in [0.25, 0.3) is 0 Å². The molecule has 1 aliphatic carbocycles. The third-order valence-corrected chi connectivity index (χ3v) is 5.68. The van der Waals surface area contributed by atoms with Gasteiger partial charge in [-0.2, -0.15) is 0 Å². The number of benzene rings is 1. The summed E-state index contributed by atoms with van der Waals surface area (Å²) in [5.41, 5.74) is 0.748. The van der Waals surface area contributed by atoms with E-state index in [1.807, 2.05) is 6.92 Å². The standard InChI is InChI=1S/C21H27F2N3O3/c1-13-12-26(9-7-16(13)15-4-5-17(22)18(23)11-15)20(28)6-8-24-21(29)25-19(27)10-14-2-3-14/h4-5,11,13-14,16H,2-3,6-10,12H2,1H3,(H2,24,25,27,29)/t13-,16-/m0/s1. The highest BCUT2D eigenvalue weighted by atomic mass is 19.2. The van der Waals surface area contributed by atoms with Crippen molar-refractivity contribution in [1.82, 2.24) is 15.5 Å². The maximum Gasteiger partial charge on any atom is 0.321 e. The summed E-state index contributed by atoms with van der Waals surface area (Å²) in [5, 5.41) is 4.81. The predicted molar refractivity (Wildman–Crippen MR) is 103 cm³/mol. The summed E-state index contributed by atoms with van der Waals surface area (Å²) in [5.74, 6) is -1.51. The average Bonchev–Trinajstić information content (AvgIpc) is 3.47. The molecule has 158 valence electrons. The molecular weight excluding hydrogens is 380 g/mol. The number of nitrogens with zero attached hydrogens (tertiary/aromatic N) is 1. The lowest BCUT2D eigenvalue weighted by Crippen LogP contribution is -2.44. The van der Waals surface area contributed by atoms with Crippen LogP contribution in [0, 0.1) is 23.5 Å². The van der Waals surface area contributed by atoms with Gasteiger partial charge < -0.3 is 10.2 Å². The first-order chi connectivity index (χ1) is 13.8. The van der Waals surface area contributed by atoms with E-state index in [0.717, 1.165) is 24.5 Å². The summed E-state index contributed by atoms with van der Waals surface area (Å²) in [6.07, 6.45) is 3.26. The van der Waals surface area contributed by atoms with E-state index in [1.54, 1.807) is 11.0 Å². The molecule has 4 amide bonds. The van der Waals surface area contributed by atoms with E-state index in [4.69, 9.17) is 0 Å². The van der Waals surface area contributed by atoms with Gasteiger partial charge in [0, 0.05) is 32.5 Å². The van der Waals surface area contributed by atoms with E-state index in [9.17, 15) is 23.2 Å². The fourth-order valence-electron chi connectivity index (χ4n) is 3.86. The van der Waals surface area contributed by atoms with E-state index < -0.39 is 17.7 Å². The van der Waals surface area contributed by atoms with E-state index in [0.29, 0.717) is 31.8 Å². The van der Waals surface area contributed by atoms with Crippen LogP contribution < -0.4 is 10.6 Å². The fourth-order valence-corrected chi connectivity index (χ4v) is 3.86. The Bertz CT molecular complexity index is 782. The van der Waals surface area contributed by atoms with E-state index in [2.05, 4.69) is 10.6 Å². The van der Waals surface area contributed by atoms with Gasteiger partial charge in [0.25, 0.3) is 0 Å². The van der Waals surface area contributed by atoms with Crippen LogP contribution in [0.1, 0.15) is 50.5 Å². The summed E-state index contributed by atoms with van der Waals surface area (Å²) in [7, 11) is 0. The smallest absolute Gasteiger partial charge is 0.321 e. The number of carbonyl (C=O) groups is 3. The summed E-state index contributed by atoms with van der Waals surface area (Å²) < 4.78 is 26.7. The van der Waals surface area contributed by atoms with Crippen molar-refractivity contribution < 1.29 is 23.2 Å². The Kier molecular flexibility index (Phi) is 6.82. The molecule has 1 aromatic rings. The molecule has 1 saturated carbocycles. The number of likely N-dealkylation sites (tertiary alicyclic amines) is 1. The molecule has 0 spiro atoms. The summed E-state index contributed by atoms with van der Waals surface area (Å²) in [6, 6.07) is 3.40. The molecule has 1 aromatic carbocycles. The number of hydrogen-bond donors (Lipinski definition) is 2. The topological polar surface area (TPSA) is 78.5 Å². The molecule has 2 N–H and O–H groups in total. The SMILES string of the molecule is C[C@H]1CN(C(=O)CCNC(=O)NC(=O)CC2CC2)CC[C@@H]1c1ccc(F)c(F)c1. The zero-order chi connectivity index (χ0) is 21.0. The molecule has 0 unspecified atom stereocenters. The van der Waals surface area contributed by atoms with Gasteiger partial charge in [0.1, 0.15) is 0 Å². The van der Waals surface area contributed by atoms with Crippen molar-refractivity contribution in [3.8, 4) is 0 Å². The van der Waals surface area contributed by atoms with Crippen molar-refractivity contribution in [3.05, 3.63) is 35.4 Å². The molecule has 0 aromatic heterocycles. The van der Waals surface area contributed by atoms with Gasteiger partial charge in [-0.1, -0.05) is 13.0 Å². The third-order valence-electron chi connectivity index (χ3n) is 5.68. The van der Waals surface area contributed by atoms with Gasteiger partial charge >= 0.3 is 6.03 Å². The summed E-state index contributed by atoms with van der Waals surface area (Å²) in [6.45, 7) is 3.19. The first kappa shape index (κ1) is 21.2. The number of amides is 4. The molecular formula is C21H27F2N3O3. The molecule has 1 aliphatic heterocycles.